The summed E-state index contributed by atoms with van der Waals surface area (Å²) in [6.45, 7) is 3.53. The Morgan fingerprint density at radius 1 is 0.382 bits per heavy atom. The summed E-state index contributed by atoms with van der Waals surface area (Å²) in [5.41, 5.74) is 0. The lowest BCUT2D eigenvalue weighted by molar-refractivity contribution is -0.303. The highest BCUT2D eigenvalue weighted by molar-refractivity contribution is 5.80. The number of amides is 1. The van der Waals surface area contributed by atoms with Gasteiger partial charge in [-0.1, -0.05) is 386 Å². The molecule has 89 heavy (non-hydrogen) atoms. The fourth-order valence-electron chi connectivity index (χ4n) is 13.3. The Balaban J connectivity index is 2.11. The maximum Gasteiger partial charge on any atom is 0.249 e. The van der Waals surface area contributed by atoms with Gasteiger partial charge in [0.15, 0.2) is 6.29 Å². The fourth-order valence-corrected chi connectivity index (χ4v) is 13.3. The van der Waals surface area contributed by atoms with E-state index in [-0.39, 0.29) is 6.42 Å². The van der Waals surface area contributed by atoms with Crippen LogP contribution in [0.15, 0.2) is 12.2 Å². The lowest BCUT2D eigenvalue weighted by Gasteiger charge is -2.40. The molecule has 1 fully saturated rings. The van der Waals surface area contributed by atoms with Crippen molar-refractivity contribution >= 4 is 5.91 Å². The van der Waals surface area contributed by atoms with Crippen molar-refractivity contribution in [1.82, 2.24) is 5.32 Å². The molecule has 0 aliphatic carbocycles. The Hall–Kier alpha value is -1.15. The van der Waals surface area contributed by atoms with Crippen molar-refractivity contribution in [3.05, 3.63) is 12.2 Å². The van der Waals surface area contributed by atoms with Crippen LogP contribution < -0.4 is 5.32 Å². The zero-order chi connectivity index (χ0) is 64.6. The summed E-state index contributed by atoms with van der Waals surface area (Å²) in [5.74, 6) is -0.687. The average Bonchev–Trinajstić information content (AvgIpc) is 3.68. The molecule has 0 radical (unpaired) electrons. The minimum atomic E-state index is -1.66. The Kier molecular flexibility index (Phi) is 64.5. The van der Waals surface area contributed by atoms with E-state index in [1.165, 1.54) is 334 Å². The summed E-state index contributed by atoms with van der Waals surface area (Å²) in [5, 5.41) is 76.7. The van der Waals surface area contributed by atoms with Gasteiger partial charge in [-0.05, 0) is 38.5 Å². The standard InChI is InChI=1S/C78H153NO10/c1-3-5-7-9-11-13-15-17-19-21-23-25-27-29-30-31-32-33-34-35-36-37-38-39-40-41-42-44-46-48-50-52-54-56-58-60-62-64-66-71(82)77(87)79-69(68-88-78-76(86)75(85)74(84)72(67-80)89-78)73(83)70(81)65-63-61-59-57-55-53-51-49-47-45-43-28-26-24-22-20-18-16-14-12-10-8-6-4-2/h35-36,69-76,78,80-86H,3-34,37-68H2,1-2H3,(H,79,87)/b36-35-. The fraction of sp³-hybridized carbons (Fsp3) is 0.962. The van der Waals surface area contributed by atoms with E-state index in [1.54, 1.807) is 0 Å². The van der Waals surface area contributed by atoms with E-state index in [4.69, 9.17) is 9.47 Å². The van der Waals surface area contributed by atoms with Crippen molar-refractivity contribution in [2.75, 3.05) is 13.2 Å². The van der Waals surface area contributed by atoms with Gasteiger partial charge in [0.2, 0.25) is 5.91 Å². The van der Waals surface area contributed by atoms with E-state index in [2.05, 4.69) is 31.3 Å². The predicted molar refractivity (Wildman–Crippen MR) is 376 cm³/mol. The van der Waals surface area contributed by atoms with Gasteiger partial charge in [-0.15, -0.1) is 0 Å². The van der Waals surface area contributed by atoms with Crippen LogP contribution in [0, 0.1) is 0 Å². The van der Waals surface area contributed by atoms with Crippen LogP contribution in [0.4, 0.5) is 0 Å². The third-order valence-corrected chi connectivity index (χ3v) is 19.6. The van der Waals surface area contributed by atoms with E-state index in [0.717, 1.165) is 38.5 Å². The van der Waals surface area contributed by atoms with Gasteiger partial charge in [-0.25, -0.2) is 0 Å². The Morgan fingerprint density at radius 2 is 0.652 bits per heavy atom. The molecule has 11 heteroatoms. The average molecular weight is 1270 g/mol. The molecule has 0 aromatic rings. The zero-order valence-electron chi connectivity index (χ0n) is 59.0. The molecule has 1 rings (SSSR count). The third kappa shape index (κ3) is 53.8. The van der Waals surface area contributed by atoms with Crippen molar-refractivity contribution in [2.24, 2.45) is 0 Å². The summed E-state index contributed by atoms with van der Waals surface area (Å²) >= 11 is 0. The molecular weight excluding hydrogens is 1110 g/mol. The number of nitrogens with one attached hydrogen (secondary N) is 1. The number of rotatable bonds is 71. The highest BCUT2D eigenvalue weighted by Crippen LogP contribution is 2.25. The molecule has 9 unspecified atom stereocenters. The maximum absolute atomic E-state index is 13.3. The number of aliphatic hydroxyl groups is 7. The molecule has 0 aromatic heterocycles. The zero-order valence-corrected chi connectivity index (χ0v) is 59.0. The Morgan fingerprint density at radius 3 is 0.944 bits per heavy atom. The monoisotopic (exact) mass is 1260 g/mol. The number of hydrogen-bond acceptors (Lipinski definition) is 10. The van der Waals surface area contributed by atoms with Gasteiger partial charge in [0.1, 0.15) is 36.6 Å². The largest absolute Gasteiger partial charge is 0.394 e. The number of aliphatic hydroxyl groups excluding tert-OH is 7. The molecule has 11 nitrogen and oxygen atoms in total. The first-order chi connectivity index (χ1) is 43.7. The van der Waals surface area contributed by atoms with Crippen LogP contribution in [0.1, 0.15) is 412 Å². The van der Waals surface area contributed by atoms with Crippen LogP contribution in [0.2, 0.25) is 0 Å². The van der Waals surface area contributed by atoms with Crippen molar-refractivity contribution < 1.29 is 50.0 Å². The molecule has 8 N–H and O–H groups in total. The van der Waals surface area contributed by atoms with Crippen LogP contribution in [-0.2, 0) is 14.3 Å². The number of unbranched alkanes of at least 4 members (excludes halogenated alkanes) is 57. The minimum Gasteiger partial charge on any atom is -0.394 e. The summed E-state index contributed by atoms with van der Waals surface area (Å²) in [4.78, 5) is 13.3. The summed E-state index contributed by atoms with van der Waals surface area (Å²) in [6, 6.07) is -1.17. The Bertz CT molecular complexity index is 1450. The van der Waals surface area contributed by atoms with Crippen molar-refractivity contribution in [2.45, 2.75) is 467 Å². The quantitative estimate of drug-likeness (QED) is 0.0215. The molecule has 1 heterocycles. The summed E-state index contributed by atoms with van der Waals surface area (Å²) < 4.78 is 11.2. The van der Waals surface area contributed by atoms with Crippen LogP contribution in [0.5, 0.6) is 0 Å². The topological polar surface area (TPSA) is 189 Å². The van der Waals surface area contributed by atoms with Gasteiger partial charge in [-0.3, -0.25) is 4.79 Å². The van der Waals surface area contributed by atoms with E-state index in [1.807, 2.05) is 0 Å². The van der Waals surface area contributed by atoms with Crippen molar-refractivity contribution in [3.63, 3.8) is 0 Å². The SMILES string of the molecule is CCCCCCCCCCCCCCCCCCCC/C=C\CCCCCCCCCCCCCCCCCCC(O)C(=O)NC(COC1OC(CO)C(O)C(O)C1O)C(O)C(O)CCCCCCCCCCCCCCCCCCCCCCCCCC. The molecule has 9 atom stereocenters. The predicted octanol–water partition coefficient (Wildman–Crippen LogP) is 20.2. The van der Waals surface area contributed by atoms with E-state index in [0.29, 0.717) is 19.3 Å². The molecule has 0 aromatic carbocycles. The third-order valence-electron chi connectivity index (χ3n) is 19.6. The van der Waals surface area contributed by atoms with Gasteiger partial charge >= 0.3 is 0 Å². The molecule has 0 bridgehead atoms. The minimum absolute atomic E-state index is 0.265. The highest BCUT2D eigenvalue weighted by atomic mass is 16.7. The summed E-state index contributed by atoms with van der Waals surface area (Å²) in [7, 11) is 0. The van der Waals surface area contributed by atoms with Gasteiger partial charge in [-0.2, -0.15) is 0 Å². The molecule has 0 saturated carbocycles. The van der Waals surface area contributed by atoms with Gasteiger partial charge in [0, 0.05) is 0 Å². The lowest BCUT2D eigenvalue weighted by Crippen LogP contribution is -2.60. The highest BCUT2D eigenvalue weighted by Gasteiger charge is 2.44. The second-order valence-corrected chi connectivity index (χ2v) is 28.1. The first-order valence-corrected chi connectivity index (χ1v) is 39.6. The van der Waals surface area contributed by atoms with Crippen LogP contribution in [-0.4, -0.2) is 110 Å². The van der Waals surface area contributed by atoms with Gasteiger partial charge in [0.05, 0.1) is 25.4 Å². The van der Waals surface area contributed by atoms with Crippen LogP contribution in [0.3, 0.4) is 0 Å². The number of carbonyl (C=O) groups is 1. The van der Waals surface area contributed by atoms with Crippen molar-refractivity contribution in [1.29, 1.82) is 0 Å². The Labute approximate surface area is 551 Å². The van der Waals surface area contributed by atoms with Gasteiger partial charge < -0.3 is 50.5 Å². The van der Waals surface area contributed by atoms with Crippen molar-refractivity contribution in [3.8, 4) is 0 Å². The second kappa shape index (κ2) is 66.9. The number of carbonyl (C=O) groups excluding carboxylic acids is 1. The van der Waals surface area contributed by atoms with E-state index < -0.39 is 74.2 Å². The second-order valence-electron chi connectivity index (χ2n) is 28.1. The molecule has 0 spiro atoms. The van der Waals surface area contributed by atoms with Gasteiger partial charge in [0.25, 0.3) is 0 Å². The normalized spacial score (nSPS) is 18.5. The van der Waals surface area contributed by atoms with Crippen LogP contribution >= 0.6 is 0 Å². The molecule has 1 amide bonds. The lowest BCUT2D eigenvalue weighted by atomic mass is 9.98. The smallest absolute Gasteiger partial charge is 0.249 e. The van der Waals surface area contributed by atoms with E-state index in [9.17, 15) is 40.5 Å². The number of allylic oxidation sites excluding steroid dienone is 2. The van der Waals surface area contributed by atoms with Crippen LogP contribution in [0.25, 0.3) is 0 Å². The first kappa shape index (κ1) is 85.9. The van der Waals surface area contributed by atoms with E-state index >= 15 is 0 Å². The molecule has 1 saturated heterocycles. The number of ether oxygens (including phenoxy) is 2. The first-order valence-electron chi connectivity index (χ1n) is 39.6. The molecular formula is C78H153NO10. The summed E-state index contributed by atoms with van der Waals surface area (Å²) in [6.07, 6.45) is 73.3. The maximum atomic E-state index is 13.3. The molecule has 1 aliphatic rings. The molecule has 530 valence electrons. The number of hydrogen-bond donors (Lipinski definition) is 8. The molecule has 1 aliphatic heterocycles.